The summed E-state index contributed by atoms with van der Waals surface area (Å²) < 4.78 is 25.0. The van der Waals surface area contributed by atoms with Gasteiger partial charge in [-0.3, -0.25) is 4.90 Å². The normalized spacial score (nSPS) is 21.6. The third kappa shape index (κ3) is 5.25. The van der Waals surface area contributed by atoms with Gasteiger partial charge in [0.1, 0.15) is 36.1 Å². The molecule has 0 spiro atoms. The van der Waals surface area contributed by atoms with Gasteiger partial charge in [0.25, 0.3) is 0 Å². The average molecular weight is 565 g/mol. The van der Waals surface area contributed by atoms with Crippen LogP contribution in [0.4, 0.5) is 9.18 Å². The maximum atomic E-state index is 13.4. The molecule has 0 saturated heterocycles. The first-order valence-electron chi connectivity index (χ1n) is 13.1. The first-order valence-corrected chi connectivity index (χ1v) is 13.6. The molecule has 3 unspecified atom stereocenters. The number of carbonyl (C=O) groups is 1. The molecule has 6 N–H and O–H groups in total. The number of halogens is 2. The van der Waals surface area contributed by atoms with Crippen LogP contribution in [0.1, 0.15) is 29.3 Å². The minimum Gasteiger partial charge on any atom is -0.492 e. The van der Waals surface area contributed by atoms with Crippen LogP contribution in [0.3, 0.4) is 0 Å². The van der Waals surface area contributed by atoms with Gasteiger partial charge >= 0.3 is 6.09 Å². The highest BCUT2D eigenvalue weighted by atomic mass is 35.5. The smallest absolute Gasteiger partial charge is 0.416 e. The fraction of sp³-hybridized carbons (Fsp3) is 0.276. The Labute approximate surface area is 235 Å². The number of carbonyl (C=O) groups excluding carboxylic acids is 1. The SMILES string of the molecule is NC1=CN(CCOc2ccc(C3c4[nH]c5c(c4CCN3C(=O)Oc3ccc(F)cc3)=CC(Cl)CC=5)cc2)NC1N. The van der Waals surface area contributed by atoms with Gasteiger partial charge in [0.05, 0.1) is 17.6 Å². The molecule has 40 heavy (non-hydrogen) atoms. The summed E-state index contributed by atoms with van der Waals surface area (Å²) in [5.74, 6) is 0.575. The first kappa shape index (κ1) is 26.2. The summed E-state index contributed by atoms with van der Waals surface area (Å²) in [6, 6.07) is 12.7. The quantitative estimate of drug-likeness (QED) is 0.339. The van der Waals surface area contributed by atoms with Crippen LogP contribution in [0.5, 0.6) is 11.5 Å². The molecule has 1 aliphatic carbocycles. The van der Waals surface area contributed by atoms with Crippen LogP contribution in [0.2, 0.25) is 0 Å². The molecule has 3 heterocycles. The summed E-state index contributed by atoms with van der Waals surface area (Å²) in [4.78, 5) is 18.7. The van der Waals surface area contributed by atoms with E-state index in [2.05, 4.69) is 22.6 Å². The van der Waals surface area contributed by atoms with E-state index in [9.17, 15) is 9.18 Å². The minimum absolute atomic E-state index is 0.0674. The van der Waals surface area contributed by atoms with Crippen molar-refractivity contribution in [2.45, 2.75) is 30.4 Å². The van der Waals surface area contributed by atoms with Crippen LogP contribution >= 0.6 is 11.6 Å². The van der Waals surface area contributed by atoms with Gasteiger partial charge in [-0.2, -0.15) is 0 Å². The number of hydrogen-bond donors (Lipinski definition) is 4. The van der Waals surface area contributed by atoms with Gasteiger partial charge < -0.3 is 30.9 Å². The molecule has 1 aromatic heterocycles. The van der Waals surface area contributed by atoms with Crippen molar-refractivity contribution in [3.05, 3.63) is 93.6 Å². The number of ether oxygens (including phenoxy) is 2. The van der Waals surface area contributed by atoms with Crippen molar-refractivity contribution in [2.24, 2.45) is 11.5 Å². The molecule has 0 bridgehead atoms. The monoisotopic (exact) mass is 564 g/mol. The molecule has 1 amide bonds. The molecule has 0 radical (unpaired) electrons. The Balaban J connectivity index is 1.25. The van der Waals surface area contributed by atoms with Crippen molar-refractivity contribution in [3.8, 4) is 11.5 Å². The van der Waals surface area contributed by atoms with Crippen LogP contribution in [0.15, 0.2) is 60.4 Å². The molecule has 3 aromatic rings. The maximum absolute atomic E-state index is 13.4. The van der Waals surface area contributed by atoms with Crippen LogP contribution in [-0.4, -0.2) is 52.2 Å². The lowest BCUT2D eigenvalue weighted by Crippen LogP contribution is -2.44. The maximum Gasteiger partial charge on any atom is 0.416 e. The number of nitrogens with one attached hydrogen (secondary N) is 2. The Bertz CT molecular complexity index is 1560. The molecule has 2 aromatic carbocycles. The number of fused-ring (bicyclic) bond motifs is 3. The predicted octanol–water partition coefficient (Wildman–Crippen LogP) is 2.16. The molecule has 11 heteroatoms. The zero-order valence-corrected chi connectivity index (χ0v) is 22.4. The number of H-pyrrole nitrogens is 1. The standard InChI is InChI=1S/C29H30ClFN6O3/c30-18-3-10-25-23(15-18)22-11-12-37(29(38)40-21-8-4-19(31)5-9-21)27(26(22)34-25)17-1-6-20(7-2-17)39-14-13-36-16-24(32)28(33)35-36/h1-2,4-10,15-16,18,27-28,34-35H,3,11-14,32-33H2. The van der Waals surface area contributed by atoms with Crippen molar-refractivity contribution >= 4 is 29.8 Å². The number of hydrazine groups is 1. The molecule has 0 fully saturated rings. The molecular formula is C29H30ClFN6O3. The summed E-state index contributed by atoms with van der Waals surface area (Å²) in [7, 11) is 0. The van der Waals surface area contributed by atoms with E-state index in [1.54, 1.807) is 16.1 Å². The number of hydrogen-bond acceptors (Lipinski definition) is 7. The van der Waals surface area contributed by atoms with Crippen molar-refractivity contribution in [2.75, 3.05) is 19.7 Å². The summed E-state index contributed by atoms with van der Waals surface area (Å²) in [6.07, 6.45) is 6.43. The van der Waals surface area contributed by atoms with Gasteiger partial charge in [0.2, 0.25) is 0 Å². The van der Waals surface area contributed by atoms with Crippen LogP contribution in [0.25, 0.3) is 12.2 Å². The zero-order valence-electron chi connectivity index (χ0n) is 21.6. The Morgan fingerprint density at radius 3 is 2.60 bits per heavy atom. The van der Waals surface area contributed by atoms with Crippen LogP contribution in [-0.2, 0) is 6.42 Å². The van der Waals surface area contributed by atoms with Crippen molar-refractivity contribution in [1.29, 1.82) is 0 Å². The van der Waals surface area contributed by atoms with E-state index < -0.39 is 18.0 Å². The summed E-state index contributed by atoms with van der Waals surface area (Å²) in [6.45, 7) is 1.43. The lowest BCUT2D eigenvalue weighted by molar-refractivity contribution is 0.135. The average Bonchev–Trinajstić information content (AvgIpc) is 3.48. The number of nitrogens with zero attached hydrogens (tertiary/aromatic N) is 2. The second-order valence-electron chi connectivity index (χ2n) is 9.98. The van der Waals surface area contributed by atoms with E-state index in [1.165, 1.54) is 24.3 Å². The molecule has 9 nitrogen and oxygen atoms in total. The number of rotatable bonds is 6. The highest BCUT2D eigenvalue weighted by Gasteiger charge is 2.35. The number of alkyl halides is 1. The van der Waals surface area contributed by atoms with Crippen molar-refractivity contribution in [1.82, 2.24) is 20.3 Å². The molecular weight excluding hydrogens is 535 g/mol. The Kier molecular flexibility index (Phi) is 7.14. The van der Waals surface area contributed by atoms with Crippen LogP contribution in [0, 0.1) is 5.82 Å². The van der Waals surface area contributed by atoms with Gasteiger partial charge in [-0.05, 0) is 60.4 Å². The molecule has 6 rings (SSSR count). The zero-order chi connectivity index (χ0) is 27.8. The van der Waals surface area contributed by atoms with E-state index in [4.69, 9.17) is 32.5 Å². The Morgan fingerprint density at radius 1 is 1.12 bits per heavy atom. The Hall–Kier alpha value is -3.99. The number of benzene rings is 2. The van der Waals surface area contributed by atoms with E-state index in [0.717, 1.165) is 33.8 Å². The molecule has 3 atom stereocenters. The molecule has 2 aliphatic heterocycles. The fourth-order valence-electron chi connectivity index (χ4n) is 5.34. The fourth-order valence-corrected chi connectivity index (χ4v) is 5.55. The van der Waals surface area contributed by atoms with Gasteiger partial charge in [0.15, 0.2) is 0 Å². The predicted molar refractivity (Wildman–Crippen MR) is 150 cm³/mol. The van der Waals surface area contributed by atoms with E-state index in [0.29, 0.717) is 37.6 Å². The largest absolute Gasteiger partial charge is 0.492 e. The summed E-state index contributed by atoms with van der Waals surface area (Å²) >= 11 is 6.44. The molecule has 0 saturated carbocycles. The Morgan fingerprint density at radius 2 is 1.88 bits per heavy atom. The third-order valence-corrected chi connectivity index (χ3v) is 7.62. The number of amides is 1. The van der Waals surface area contributed by atoms with Gasteiger partial charge in [-0.25, -0.2) is 14.6 Å². The number of nitrogens with two attached hydrogens (primary N) is 2. The van der Waals surface area contributed by atoms with Gasteiger partial charge in [0, 0.05) is 29.0 Å². The third-order valence-electron chi connectivity index (χ3n) is 7.31. The lowest BCUT2D eigenvalue weighted by Gasteiger charge is -2.35. The van der Waals surface area contributed by atoms with Gasteiger partial charge in [-0.15, -0.1) is 11.6 Å². The van der Waals surface area contributed by atoms with E-state index in [-0.39, 0.29) is 17.3 Å². The van der Waals surface area contributed by atoms with E-state index >= 15 is 0 Å². The second kappa shape index (κ2) is 10.9. The highest BCUT2D eigenvalue weighted by molar-refractivity contribution is 6.24. The molecule has 208 valence electrons. The van der Waals surface area contributed by atoms with Crippen molar-refractivity contribution < 1.29 is 18.7 Å². The minimum atomic E-state index is -0.512. The first-order chi connectivity index (χ1) is 19.4. The van der Waals surface area contributed by atoms with Crippen LogP contribution < -0.4 is 36.9 Å². The number of aromatic nitrogens is 1. The van der Waals surface area contributed by atoms with Gasteiger partial charge in [-0.1, -0.05) is 24.3 Å². The summed E-state index contributed by atoms with van der Waals surface area (Å²) in [5, 5.41) is 3.85. The summed E-state index contributed by atoms with van der Waals surface area (Å²) in [5.41, 5.74) is 18.2. The lowest BCUT2D eigenvalue weighted by atomic mass is 9.92. The van der Waals surface area contributed by atoms with E-state index in [1.807, 2.05) is 24.3 Å². The van der Waals surface area contributed by atoms with Crippen molar-refractivity contribution in [3.63, 3.8) is 0 Å². The molecule has 3 aliphatic rings. The number of aromatic amines is 1. The topological polar surface area (TPSA) is 122 Å². The highest BCUT2D eigenvalue weighted by Crippen LogP contribution is 2.34. The second-order valence-corrected chi connectivity index (χ2v) is 10.5.